The standard InChI is InChI=1S/C11H11FN2S/c1-8(9-3-5-15-7-9)14-10-2-4-13-11(12)6-10/h2-8H,1H3,(H,13,14). The molecule has 1 unspecified atom stereocenters. The van der Waals surface area contributed by atoms with Crippen molar-refractivity contribution in [2.75, 3.05) is 5.32 Å². The number of rotatable bonds is 3. The largest absolute Gasteiger partial charge is 0.378 e. The highest BCUT2D eigenvalue weighted by molar-refractivity contribution is 7.07. The first-order valence-corrected chi connectivity index (χ1v) is 5.60. The van der Waals surface area contributed by atoms with Crippen LogP contribution in [0.2, 0.25) is 0 Å². The summed E-state index contributed by atoms with van der Waals surface area (Å²) >= 11 is 1.66. The lowest BCUT2D eigenvalue weighted by molar-refractivity contribution is 0.584. The van der Waals surface area contributed by atoms with E-state index in [0.29, 0.717) is 0 Å². The SMILES string of the molecule is CC(Nc1ccnc(F)c1)c1ccsc1. The summed E-state index contributed by atoms with van der Waals surface area (Å²) in [7, 11) is 0. The number of hydrogen-bond donors (Lipinski definition) is 1. The summed E-state index contributed by atoms with van der Waals surface area (Å²) in [5.41, 5.74) is 1.96. The molecule has 1 N–H and O–H groups in total. The van der Waals surface area contributed by atoms with Gasteiger partial charge in [0.25, 0.3) is 0 Å². The van der Waals surface area contributed by atoms with Crippen LogP contribution in [-0.4, -0.2) is 4.98 Å². The minimum atomic E-state index is -0.461. The molecule has 2 rings (SSSR count). The van der Waals surface area contributed by atoms with Crippen molar-refractivity contribution in [2.24, 2.45) is 0 Å². The fourth-order valence-corrected chi connectivity index (χ4v) is 2.10. The molecular formula is C11H11FN2S. The van der Waals surface area contributed by atoms with Gasteiger partial charge in [-0.3, -0.25) is 0 Å². The Morgan fingerprint density at radius 3 is 3.00 bits per heavy atom. The van der Waals surface area contributed by atoms with Gasteiger partial charge in [0.1, 0.15) is 0 Å². The Morgan fingerprint density at radius 2 is 2.33 bits per heavy atom. The first-order chi connectivity index (χ1) is 7.25. The van der Waals surface area contributed by atoms with Crippen LogP contribution in [0.25, 0.3) is 0 Å². The molecule has 4 heteroatoms. The highest BCUT2D eigenvalue weighted by Crippen LogP contribution is 2.20. The van der Waals surface area contributed by atoms with Crippen LogP contribution in [0.4, 0.5) is 10.1 Å². The fraction of sp³-hybridized carbons (Fsp3) is 0.182. The van der Waals surface area contributed by atoms with Crippen molar-refractivity contribution in [3.8, 4) is 0 Å². The molecule has 0 spiro atoms. The van der Waals surface area contributed by atoms with Gasteiger partial charge in [-0.2, -0.15) is 15.7 Å². The Bertz CT molecular complexity index is 428. The first-order valence-electron chi connectivity index (χ1n) is 4.66. The van der Waals surface area contributed by atoms with Crippen molar-refractivity contribution in [1.82, 2.24) is 4.98 Å². The molecule has 1 atom stereocenters. The van der Waals surface area contributed by atoms with Crippen LogP contribution in [0.15, 0.2) is 35.2 Å². The van der Waals surface area contributed by atoms with Crippen LogP contribution in [0.5, 0.6) is 0 Å². The molecule has 2 aromatic rings. The van der Waals surface area contributed by atoms with E-state index in [-0.39, 0.29) is 6.04 Å². The van der Waals surface area contributed by atoms with Gasteiger partial charge in [-0.25, -0.2) is 4.98 Å². The predicted octanol–water partition coefficient (Wildman–Crippen LogP) is 3.46. The maximum atomic E-state index is 12.8. The average Bonchev–Trinajstić information content (AvgIpc) is 2.70. The Kier molecular flexibility index (Phi) is 2.97. The molecule has 0 aliphatic rings. The molecule has 0 radical (unpaired) electrons. The molecule has 0 saturated carbocycles. The van der Waals surface area contributed by atoms with Gasteiger partial charge in [-0.1, -0.05) is 0 Å². The van der Waals surface area contributed by atoms with Gasteiger partial charge in [0.05, 0.1) is 0 Å². The van der Waals surface area contributed by atoms with E-state index in [1.54, 1.807) is 17.4 Å². The van der Waals surface area contributed by atoms with E-state index in [1.165, 1.54) is 17.8 Å². The summed E-state index contributed by atoms with van der Waals surface area (Å²) < 4.78 is 12.8. The van der Waals surface area contributed by atoms with E-state index in [0.717, 1.165) is 5.69 Å². The summed E-state index contributed by atoms with van der Waals surface area (Å²) in [4.78, 5) is 3.51. The highest BCUT2D eigenvalue weighted by Gasteiger charge is 2.05. The molecular weight excluding hydrogens is 211 g/mol. The van der Waals surface area contributed by atoms with Crippen LogP contribution in [0.3, 0.4) is 0 Å². The van der Waals surface area contributed by atoms with Crippen molar-refractivity contribution in [3.05, 3.63) is 46.7 Å². The molecule has 0 aliphatic heterocycles. The molecule has 0 amide bonds. The number of halogens is 1. The van der Waals surface area contributed by atoms with Gasteiger partial charge in [-0.15, -0.1) is 0 Å². The van der Waals surface area contributed by atoms with Crippen molar-refractivity contribution >= 4 is 17.0 Å². The molecule has 2 aromatic heterocycles. The van der Waals surface area contributed by atoms with Crippen molar-refractivity contribution in [3.63, 3.8) is 0 Å². The zero-order valence-electron chi connectivity index (χ0n) is 8.27. The summed E-state index contributed by atoms with van der Waals surface area (Å²) in [6, 6.07) is 5.38. The smallest absolute Gasteiger partial charge is 0.214 e. The Balaban J connectivity index is 2.09. The maximum Gasteiger partial charge on any atom is 0.214 e. The normalized spacial score (nSPS) is 12.4. The average molecular weight is 222 g/mol. The molecule has 2 heterocycles. The number of nitrogens with one attached hydrogen (secondary N) is 1. The zero-order valence-corrected chi connectivity index (χ0v) is 9.09. The summed E-state index contributed by atoms with van der Waals surface area (Å²) in [6.07, 6.45) is 1.46. The van der Waals surface area contributed by atoms with E-state index in [9.17, 15) is 4.39 Å². The van der Waals surface area contributed by atoms with Gasteiger partial charge >= 0.3 is 0 Å². The lowest BCUT2D eigenvalue weighted by atomic mass is 10.2. The summed E-state index contributed by atoms with van der Waals surface area (Å²) in [5, 5.41) is 7.32. The molecule has 78 valence electrons. The lowest BCUT2D eigenvalue weighted by Crippen LogP contribution is -2.05. The van der Waals surface area contributed by atoms with E-state index < -0.39 is 5.95 Å². The number of thiophene rings is 1. The van der Waals surface area contributed by atoms with Gasteiger partial charge in [0, 0.05) is 24.0 Å². The number of anilines is 1. The maximum absolute atomic E-state index is 12.8. The van der Waals surface area contributed by atoms with Gasteiger partial charge < -0.3 is 5.32 Å². The highest BCUT2D eigenvalue weighted by atomic mass is 32.1. The molecule has 0 aliphatic carbocycles. The van der Waals surface area contributed by atoms with Crippen LogP contribution in [0, 0.1) is 5.95 Å². The number of nitrogens with zero attached hydrogens (tertiary/aromatic N) is 1. The monoisotopic (exact) mass is 222 g/mol. The Hall–Kier alpha value is -1.42. The molecule has 2 nitrogen and oxygen atoms in total. The van der Waals surface area contributed by atoms with E-state index in [1.807, 2.05) is 12.3 Å². The Labute approximate surface area is 91.8 Å². The lowest BCUT2D eigenvalue weighted by Gasteiger charge is -2.13. The second-order valence-electron chi connectivity index (χ2n) is 3.29. The van der Waals surface area contributed by atoms with Crippen molar-refractivity contribution < 1.29 is 4.39 Å². The van der Waals surface area contributed by atoms with Crippen LogP contribution < -0.4 is 5.32 Å². The molecule has 0 bridgehead atoms. The minimum absolute atomic E-state index is 0.179. The van der Waals surface area contributed by atoms with Crippen LogP contribution >= 0.6 is 11.3 Å². The number of pyridine rings is 1. The van der Waals surface area contributed by atoms with Gasteiger partial charge in [0.2, 0.25) is 5.95 Å². The molecule has 0 aromatic carbocycles. The van der Waals surface area contributed by atoms with E-state index >= 15 is 0 Å². The quantitative estimate of drug-likeness (QED) is 0.804. The van der Waals surface area contributed by atoms with Crippen molar-refractivity contribution in [2.45, 2.75) is 13.0 Å². The van der Waals surface area contributed by atoms with Gasteiger partial charge in [-0.05, 0) is 35.4 Å². The van der Waals surface area contributed by atoms with E-state index in [4.69, 9.17) is 0 Å². The topological polar surface area (TPSA) is 24.9 Å². The third kappa shape index (κ3) is 2.53. The molecule has 0 saturated heterocycles. The molecule has 15 heavy (non-hydrogen) atoms. The minimum Gasteiger partial charge on any atom is -0.378 e. The van der Waals surface area contributed by atoms with E-state index in [2.05, 4.69) is 21.7 Å². The number of hydrogen-bond acceptors (Lipinski definition) is 3. The first kappa shape index (κ1) is 10.1. The third-order valence-corrected chi connectivity index (χ3v) is 2.85. The third-order valence-electron chi connectivity index (χ3n) is 2.15. The second-order valence-corrected chi connectivity index (χ2v) is 4.07. The Morgan fingerprint density at radius 1 is 1.47 bits per heavy atom. The van der Waals surface area contributed by atoms with Crippen LogP contribution in [0.1, 0.15) is 18.5 Å². The van der Waals surface area contributed by atoms with Crippen molar-refractivity contribution in [1.29, 1.82) is 0 Å². The zero-order chi connectivity index (χ0) is 10.7. The fourth-order valence-electron chi connectivity index (χ4n) is 1.35. The molecule has 0 fully saturated rings. The summed E-state index contributed by atoms with van der Waals surface area (Å²) in [5.74, 6) is -0.461. The second kappa shape index (κ2) is 4.40. The van der Waals surface area contributed by atoms with Gasteiger partial charge in [0.15, 0.2) is 0 Å². The number of aromatic nitrogens is 1. The predicted molar refractivity (Wildman–Crippen MR) is 60.6 cm³/mol. The summed E-state index contributed by atoms with van der Waals surface area (Å²) in [6.45, 7) is 2.04. The van der Waals surface area contributed by atoms with Crippen LogP contribution in [-0.2, 0) is 0 Å².